The zero-order chi connectivity index (χ0) is 10.8. The van der Waals surface area contributed by atoms with Crippen molar-refractivity contribution in [3.63, 3.8) is 0 Å². The molecule has 1 N–H and O–H groups in total. The topological polar surface area (TPSA) is 40.5 Å². The summed E-state index contributed by atoms with van der Waals surface area (Å²) >= 11 is 0. The third-order valence-corrected chi connectivity index (χ3v) is 2.29. The van der Waals surface area contributed by atoms with Gasteiger partial charge < -0.3 is 10.2 Å². The van der Waals surface area contributed by atoms with Crippen LogP contribution in [0.5, 0.6) is 0 Å². The molecule has 1 aliphatic heterocycles. The molecule has 2 rings (SSSR count). The van der Waals surface area contributed by atoms with Gasteiger partial charge in [-0.05, 0) is 19.9 Å². The Morgan fingerprint density at radius 1 is 1.47 bits per heavy atom. The number of hydrogen-bond acceptors (Lipinski definition) is 4. The van der Waals surface area contributed by atoms with Crippen molar-refractivity contribution in [2.75, 3.05) is 23.9 Å². The van der Waals surface area contributed by atoms with Crippen LogP contribution < -0.4 is 10.2 Å². The first-order chi connectivity index (χ1) is 7.18. The van der Waals surface area contributed by atoms with Gasteiger partial charge in [0.25, 0.3) is 0 Å². The maximum Gasteiger partial charge on any atom is 0.140 e. The number of pyridine rings is 1. The van der Waals surface area contributed by atoms with E-state index in [1.54, 1.807) is 0 Å². The summed E-state index contributed by atoms with van der Waals surface area (Å²) in [6.45, 7) is 4.93. The van der Waals surface area contributed by atoms with E-state index >= 15 is 0 Å². The van der Waals surface area contributed by atoms with Gasteiger partial charge in [-0.25, -0.2) is 4.98 Å². The summed E-state index contributed by atoms with van der Waals surface area (Å²) in [7, 11) is 2.00. The van der Waals surface area contributed by atoms with Crippen molar-refractivity contribution in [3.8, 4) is 0 Å². The molecular weight excluding hydrogens is 188 g/mol. The summed E-state index contributed by atoms with van der Waals surface area (Å²) in [6.07, 6.45) is 3.73. The van der Waals surface area contributed by atoms with Crippen molar-refractivity contribution >= 4 is 17.7 Å². The maximum atomic E-state index is 4.36. The molecule has 0 saturated heterocycles. The molecule has 1 aromatic rings. The molecule has 15 heavy (non-hydrogen) atoms. The van der Waals surface area contributed by atoms with E-state index in [1.807, 2.05) is 30.4 Å². The van der Waals surface area contributed by atoms with Gasteiger partial charge in [0.2, 0.25) is 0 Å². The average Bonchev–Trinajstić information content (AvgIpc) is 2.19. The Kier molecular flexibility index (Phi) is 2.58. The number of fused-ring (bicyclic) bond motifs is 1. The Hall–Kier alpha value is -1.58. The number of anilines is 2. The summed E-state index contributed by atoms with van der Waals surface area (Å²) in [5.74, 6) is 0.996. The first-order valence-corrected chi connectivity index (χ1v) is 5.15. The smallest absolute Gasteiger partial charge is 0.140 e. The molecule has 2 heterocycles. The summed E-state index contributed by atoms with van der Waals surface area (Å²) in [5.41, 5.74) is 2.19. The number of hydrogen-bond donors (Lipinski definition) is 1. The monoisotopic (exact) mass is 204 g/mol. The maximum absolute atomic E-state index is 4.36. The second-order valence-electron chi connectivity index (χ2n) is 4.05. The lowest BCUT2D eigenvalue weighted by Crippen LogP contribution is -2.24. The molecule has 0 amide bonds. The Morgan fingerprint density at radius 3 is 3.00 bits per heavy atom. The molecule has 0 aliphatic carbocycles. The van der Waals surface area contributed by atoms with E-state index in [4.69, 9.17) is 0 Å². The Labute approximate surface area is 90.0 Å². The van der Waals surface area contributed by atoms with Crippen LogP contribution in [0.4, 0.5) is 11.5 Å². The lowest BCUT2D eigenvalue weighted by Gasteiger charge is -2.24. The molecule has 0 unspecified atom stereocenters. The van der Waals surface area contributed by atoms with E-state index in [9.17, 15) is 0 Å². The third kappa shape index (κ3) is 1.93. The van der Waals surface area contributed by atoms with Gasteiger partial charge in [0, 0.05) is 31.2 Å². The van der Waals surface area contributed by atoms with E-state index in [0.29, 0.717) is 12.7 Å². The van der Waals surface area contributed by atoms with Gasteiger partial charge in [0.1, 0.15) is 12.5 Å². The second-order valence-corrected chi connectivity index (χ2v) is 4.05. The molecule has 4 nitrogen and oxygen atoms in total. The lowest BCUT2D eigenvalue weighted by atomic mass is 10.2. The van der Waals surface area contributed by atoms with Gasteiger partial charge >= 0.3 is 0 Å². The quantitative estimate of drug-likeness (QED) is 0.797. The third-order valence-electron chi connectivity index (χ3n) is 2.29. The minimum absolute atomic E-state index is 0.414. The van der Waals surface area contributed by atoms with Crippen LogP contribution >= 0.6 is 0 Å². The number of aromatic nitrogens is 1. The highest BCUT2D eigenvalue weighted by Gasteiger charge is 2.15. The van der Waals surface area contributed by atoms with E-state index in [0.717, 1.165) is 17.1 Å². The predicted molar refractivity (Wildman–Crippen MR) is 63.9 cm³/mol. The van der Waals surface area contributed by atoms with Gasteiger partial charge in [-0.1, -0.05) is 0 Å². The molecule has 80 valence electrons. The Morgan fingerprint density at radius 2 is 2.27 bits per heavy atom. The van der Waals surface area contributed by atoms with Crippen molar-refractivity contribution in [2.45, 2.75) is 19.9 Å². The average molecular weight is 204 g/mol. The van der Waals surface area contributed by atoms with Gasteiger partial charge in [0.15, 0.2) is 0 Å². The molecule has 0 aromatic carbocycles. The van der Waals surface area contributed by atoms with Crippen molar-refractivity contribution in [2.24, 2.45) is 4.99 Å². The van der Waals surface area contributed by atoms with Crippen molar-refractivity contribution < 1.29 is 0 Å². The molecule has 0 bridgehead atoms. The standard InChI is InChI=1S/C11H16N4/c1-8(2)14-10-4-5-13-11-9(10)6-12-7-15(11)3/h4-6,8H,7H2,1-3H3,(H,13,14). The van der Waals surface area contributed by atoms with Crippen LogP contribution in [-0.2, 0) is 0 Å². The minimum atomic E-state index is 0.414. The lowest BCUT2D eigenvalue weighted by molar-refractivity contribution is 0.880. The fourth-order valence-corrected chi connectivity index (χ4v) is 1.65. The predicted octanol–water partition coefficient (Wildman–Crippen LogP) is 1.73. The Bertz CT molecular complexity index is 384. The minimum Gasteiger partial charge on any atom is -0.382 e. The fourth-order valence-electron chi connectivity index (χ4n) is 1.65. The summed E-state index contributed by atoms with van der Waals surface area (Å²) in [5, 5.41) is 3.40. The zero-order valence-corrected chi connectivity index (χ0v) is 9.36. The highest BCUT2D eigenvalue weighted by atomic mass is 15.2. The molecule has 1 aromatic heterocycles. The molecule has 0 spiro atoms. The molecule has 0 saturated carbocycles. The molecule has 4 heteroatoms. The molecular formula is C11H16N4. The first-order valence-electron chi connectivity index (χ1n) is 5.15. The fraction of sp³-hybridized carbons (Fsp3) is 0.455. The van der Waals surface area contributed by atoms with E-state index in [2.05, 4.69) is 29.1 Å². The van der Waals surface area contributed by atoms with Crippen LogP contribution in [-0.4, -0.2) is 31.0 Å². The van der Waals surface area contributed by atoms with Crippen molar-refractivity contribution in [1.82, 2.24) is 4.98 Å². The van der Waals surface area contributed by atoms with Gasteiger partial charge in [0.05, 0.1) is 5.56 Å². The van der Waals surface area contributed by atoms with E-state index in [-0.39, 0.29) is 0 Å². The van der Waals surface area contributed by atoms with Gasteiger partial charge in [-0.2, -0.15) is 0 Å². The van der Waals surface area contributed by atoms with Crippen LogP contribution in [0.2, 0.25) is 0 Å². The van der Waals surface area contributed by atoms with Crippen LogP contribution in [0, 0.1) is 0 Å². The molecule has 1 aliphatic rings. The molecule has 0 radical (unpaired) electrons. The number of nitrogens with one attached hydrogen (secondary N) is 1. The van der Waals surface area contributed by atoms with Crippen LogP contribution in [0.25, 0.3) is 0 Å². The van der Waals surface area contributed by atoms with E-state index in [1.165, 1.54) is 0 Å². The first kappa shape index (κ1) is 9.96. The van der Waals surface area contributed by atoms with Gasteiger partial charge in [-0.15, -0.1) is 0 Å². The van der Waals surface area contributed by atoms with Gasteiger partial charge in [-0.3, -0.25) is 4.99 Å². The zero-order valence-electron chi connectivity index (χ0n) is 9.36. The Balaban J connectivity index is 2.41. The van der Waals surface area contributed by atoms with Crippen molar-refractivity contribution in [3.05, 3.63) is 17.8 Å². The number of rotatable bonds is 2. The largest absolute Gasteiger partial charge is 0.382 e. The highest BCUT2D eigenvalue weighted by Crippen LogP contribution is 2.25. The van der Waals surface area contributed by atoms with Crippen LogP contribution in [0.3, 0.4) is 0 Å². The van der Waals surface area contributed by atoms with Crippen molar-refractivity contribution in [1.29, 1.82) is 0 Å². The van der Waals surface area contributed by atoms with Crippen LogP contribution in [0.15, 0.2) is 17.3 Å². The normalized spacial score (nSPS) is 14.3. The molecule has 0 atom stereocenters. The molecule has 0 fully saturated rings. The summed E-state index contributed by atoms with van der Waals surface area (Å²) in [4.78, 5) is 10.7. The van der Waals surface area contributed by atoms with Crippen LogP contribution in [0.1, 0.15) is 19.4 Å². The highest BCUT2D eigenvalue weighted by molar-refractivity contribution is 5.95. The summed E-state index contributed by atoms with van der Waals surface area (Å²) in [6, 6.07) is 2.40. The summed E-state index contributed by atoms with van der Waals surface area (Å²) < 4.78 is 0. The number of nitrogens with zero attached hydrogens (tertiary/aromatic N) is 3. The SMILES string of the molecule is CC(C)Nc1ccnc2c1C=NCN2C. The number of aliphatic imine (C=N–C) groups is 1. The van der Waals surface area contributed by atoms with E-state index < -0.39 is 0 Å². The second kappa shape index (κ2) is 3.88.